The number of rotatable bonds is 5. The quantitative estimate of drug-likeness (QED) is 0.799. The molecule has 2 atom stereocenters. The van der Waals surface area contributed by atoms with Crippen molar-refractivity contribution in [2.45, 2.75) is 43.2 Å². The van der Waals surface area contributed by atoms with E-state index in [1.807, 2.05) is 0 Å². The van der Waals surface area contributed by atoms with Crippen LogP contribution in [0.1, 0.15) is 37.8 Å². The van der Waals surface area contributed by atoms with E-state index in [0.29, 0.717) is 12.1 Å². The zero-order chi connectivity index (χ0) is 12.8. The van der Waals surface area contributed by atoms with E-state index in [4.69, 9.17) is 0 Å². The lowest BCUT2D eigenvalue weighted by atomic mass is 10.0. The SMILES string of the molecule is CSc1ccc(C(C)NCC2CCCCN2)cc1. The third kappa shape index (κ3) is 4.01. The lowest BCUT2D eigenvalue weighted by Gasteiger charge is -2.25. The van der Waals surface area contributed by atoms with Gasteiger partial charge in [-0.1, -0.05) is 18.6 Å². The van der Waals surface area contributed by atoms with Crippen LogP contribution < -0.4 is 10.6 Å². The van der Waals surface area contributed by atoms with Gasteiger partial charge in [0.05, 0.1) is 0 Å². The molecule has 2 rings (SSSR count). The first kappa shape index (κ1) is 13.9. The Balaban J connectivity index is 1.80. The molecule has 1 heterocycles. The van der Waals surface area contributed by atoms with E-state index < -0.39 is 0 Å². The molecule has 1 aromatic carbocycles. The van der Waals surface area contributed by atoms with Gasteiger partial charge in [0.15, 0.2) is 0 Å². The second-order valence-corrected chi connectivity index (χ2v) is 5.93. The van der Waals surface area contributed by atoms with E-state index in [1.54, 1.807) is 11.8 Å². The van der Waals surface area contributed by atoms with Gasteiger partial charge in [-0.3, -0.25) is 0 Å². The van der Waals surface area contributed by atoms with Gasteiger partial charge in [0.1, 0.15) is 0 Å². The molecule has 0 saturated carbocycles. The molecule has 0 aliphatic carbocycles. The van der Waals surface area contributed by atoms with Crippen molar-refractivity contribution < 1.29 is 0 Å². The summed E-state index contributed by atoms with van der Waals surface area (Å²) in [5, 5.41) is 7.22. The van der Waals surface area contributed by atoms with Crippen LogP contribution in [0.4, 0.5) is 0 Å². The van der Waals surface area contributed by atoms with Crippen molar-refractivity contribution in [3.05, 3.63) is 29.8 Å². The smallest absolute Gasteiger partial charge is 0.0292 e. The molecule has 1 saturated heterocycles. The molecule has 2 N–H and O–H groups in total. The van der Waals surface area contributed by atoms with Crippen LogP contribution in [0.25, 0.3) is 0 Å². The fourth-order valence-electron chi connectivity index (χ4n) is 2.43. The van der Waals surface area contributed by atoms with Crippen LogP contribution in [0, 0.1) is 0 Å². The Morgan fingerprint density at radius 3 is 2.72 bits per heavy atom. The van der Waals surface area contributed by atoms with E-state index >= 15 is 0 Å². The van der Waals surface area contributed by atoms with Gasteiger partial charge in [-0.2, -0.15) is 0 Å². The highest BCUT2D eigenvalue weighted by molar-refractivity contribution is 7.98. The molecule has 0 radical (unpaired) electrons. The van der Waals surface area contributed by atoms with E-state index in [1.165, 1.54) is 36.3 Å². The largest absolute Gasteiger partial charge is 0.313 e. The van der Waals surface area contributed by atoms with Crippen LogP contribution in [0.3, 0.4) is 0 Å². The Kier molecular flexibility index (Phi) is 5.54. The maximum absolute atomic E-state index is 3.64. The fourth-order valence-corrected chi connectivity index (χ4v) is 2.84. The highest BCUT2D eigenvalue weighted by Gasteiger charge is 2.13. The van der Waals surface area contributed by atoms with E-state index in [-0.39, 0.29) is 0 Å². The molecule has 100 valence electrons. The Hall–Kier alpha value is -0.510. The predicted molar refractivity (Wildman–Crippen MR) is 80.3 cm³/mol. The van der Waals surface area contributed by atoms with Crippen molar-refractivity contribution in [2.75, 3.05) is 19.3 Å². The zero-order valence-electron chi connectivity index (χ0n) is 11.4. The number of benzene rings is 1. The van der Waals surface area contributed by atoms with Crippen LogP contribution >= 0.6 is 11.8 Å². The van der Waals surface area contributed by atoms with Gasteiger partial charge in [-0.25, -0.2) is 0 Å². The van der Waals surface area contributed by atoms with Crippen LogP contribution in [-0.4, -0.2) is 25.4 Å². The first-order valence-electron chi connectivity index (χ1n) is 6.90. The minimum absolute atomic E-state index is 0.435. The minimum atomic E-state index is 0.435. The van der Waals surface area contributed by atoms with E-state index in [9.17, 15) is 0 Å². The van der Waals surface area contributed by atoms with Crippen molar-refractivity contribution in [2.24, 2.45) is 0 Å². The summed E-state index contributed by atoms with van der Waals surface area (Å²) >= 11 is 1.79. The van der Waals surface area contributed by atoms with Gasteiger partial charge < -0.3 is 10.6 Å². The topological polar surface area (TPSA) is 24.1 Å². The van der Waals surface area contributed by atoms with E-state index in [0.717, 1.165) is 6.54 Å². The normalized spacial score (nSPS) is 21.8. The Bertz CT molecular complexity index is 344. The lowest BCUT2D eigenvalue weighted by Crippen LogP contribution is -2.42. The summed E-state index contributed by atoms with van der Waals surface area (Å²) in [6, 6.07) is 9.97. The van der Waals surface area contributed by atoms with E-state index in [2.05, 4.69) is 48.1 Å². The van der Waals surface area contributed by atoms with Gasteiger partial charge in [-0.15, -0.1) is 11.8 Å². The molecule has 1 fully saturated rings. The first-order valence-corrected chi connectivity index (χ1v) is 8.13. The molecule has 0 aromatic heterocycles. The van der Waals surface area contributed by atoms with Crippen molar-refractivity contribution in [3.63, 3.8) is 0 Å². The van der Waals surface area contributed by atoms with Gasteiger partial charge in [0.2, 0.25) is 0 Å². The molecular formula is C15H24N2S. The van der Waals surface area contributed by atoms with Crippen LogP contribution in [0.2, 0.25) is 0 Å². The molecule has 1 aliphatic rings. The second-order valence-electron chi connectivity index (χ2n) is 5.05. The molecule has 0 amide bonds. The summed E-state index contributed by atoms with van der Waals surface area (Å²) < 4.78 is 0. The van der Waals surface area contributed by atoms with Crippen molar-refractivity contribution in [1.29, 1.82) is 0 Å². The Labute approximate surface area is 115 Å². The third-order valence-electron chi connectivity index (χ3n) is 3.70. The maximum Gasteiger partial charge on any atom is 0.0292 e. The first-order chi connectivity index (χ1) is 8.79. The predicted octanol–water partition coefficient (Wildman–Crippen LogP) is 3.20. The average Bonchev–Trinajstić information content (AvgIpc) is 2.46. The summed E-state index contributed by atoms with van der Waals surface area (Å²) in [4.78, 5) is 1.33. The van der Waals surface area contributed by atoms with Gasteiger partial charge in [0.25, 0.3) is 0 Å². The molecule has 3 heteroatoms. The second kappa shape index (κ2) is 7.17. The lowest BCUT2D eigenvalue weighted by molar-refractivity contribution is 0.371. The highest BCUT2D eigenvalue weighted by atomic mass is 32.2. The number of hydrogen-bond acceptors (Lipinski definition) is 3. The van der Waals surface area contributed by atoms with Gasteiger partial charge in [0, 0.05) is 23.5 Å². The Morgan fingerprint density at radius 2 is 2.11 bits per heavy atom. The van der Waals surface area contributed by atoms with Crippen molar-refractivity contribution in [1.82, 2.24) is 10.6 Å². The molecule has 0 spiro atoms. The summed E-state index contributed by atoms with van der Waals surface area (Å²) in [5.41, 5.74) is 1.38. The van der Waals surface area contributed by atoms with Gasteiger partial charge >= 0.3 is 0 Å². The van der Waals surface area contributed by atoms with Crippen molar-refractivity contribution in [3.8, 4) is 0 Å². The van der Waals surface area contributed by atoms with Crippen LogP contribution in [0.5, 0.6) is 0 Å². The van der Waals surface area contributed by atoms with Crippen LogP contribution in [-0.2, 0) is 0 Å². The maximum atomic E-state index is 3.64. The molecule has 2 unspecified atom stereocenters. The summed E-state index contributed by atoms with van der Waals surface area (Å²) in [7, 11) is 0. The van der Waals surface area contributed by atoms with Crippen molar-refractivity contribution >= 4 is 11.8 Å². The number of piperidine rings is 1. The van der Waals surface area contributed by atoms with Crippen LogP contribution in [0.15, 0.2) is 29.2 Å². The molecule has 0 bridgehead atoms. The summed E-state index contributed by atoms with van der Waals surface area (Å²) in [5.74, 6) is 0. The molecular weight excluding hydrogens is 240 g/mol. The van der Waals surface area contributed by atoms with Gasteiger partial charge in [-0.05, 0) is 50.3 Å². The monoisotopic (exact) mass is 264 g/mol. The molecule has 1 aromatic rings. The minimum Gasteiger partial charge on any atom is -0.313 e. The zero-order valence-corrected chi connectivity index (χ0v) is 12.2. The molecule has 2 nitrogen and oxygen atoms in total. The number of hydrogen-bond donors (Lipinski definition) is 2. The highest BCUT2D eigenvalue weighted by Crippen LogP contribution is 2.19. The molecule has 1 aliphatic heterocycles. The standard InChI is InChI=1S/C15H24N2S/c1-12(13-6-8-15(18-2)9-7-13)17-11-14-5-3-4-10-16-14/h6-9,12,14,16-17H,3-5,10-11H2,1-2H3. The summed E-state index contributed by atoms with van der Waals surface area (Å²) in [6.07, 6.45) is 6.13. The fraction of sp³-hybridized carbons (Fsp3) is 0.600. The number of thioether (sulfide) groups is 1. The summed E-state index contributed by atoms with van der Waals surface area (Å²) in [6.45, 7) is 4.51. The molecule has 18 heavy (non-hydrogen) atoms. The third-order valence-corrected chi connectivity index (χ3v) is 4.44. The average molecular weight is 264 g/mol. The Morgan fingerprint density at radius 1 is 1.33 bits per heavy atom. The number of nitrogens with one attached hydrogen (secondary N) is 2.